The number of H-pyrrole nitrogens is 1. The predicted molar refractivity (Wildman–Crippen MR) is 121 cm³/mol. The number of hydrogen-bond acceptors (Lipinski definition) is 5. The maximum atomic E-state index is 12.8. The topological polar surface area (TPSA) is 133 Å². The summed E-state index contributed by atoms with van der Waals surface area (Å²) in [6.45, 7) is 1.84. The van der Waals surface area contributed by atoms with Gasteiger partial charge in [-0.25, -0.2) is 4.79 Å². The molecule has 1 atom stereocenters. The summed E-state index contributed by atoms with van der Waals surface area (Å²) in [7, 11) is 0. The molecule has 2 heterocycles. The van der Waals surface area contributed by atoms with Crippen molar-refractivity contribution < 1.29 is 32.7 Å². The maximum absolute atomic E-state index is 12.8. The van der Waals surface area contributed by atoms with Crippen LogP contribution in [0.2, 0.25) is 5.02 Å². The molecule has 0 spiro atoms. The monoisotopic (exact) mass is 511 g/mol. The highest BCUT2D eigenvalue weighted by atomic mass is 35.5. The van der Waals surface area contributed by atoms with E-state index >= 15 is 0 Å². The first-order valence-electron chi connectivity index (χ1n) is 10.3. The van der Waals surface area contributed by atoms with Crippen LogP contribution >= 0.6 is 11.6 Å². The number of nitrogens with one attached hydrogen (secondary N) is 1. The summed E-state index contributed by atoms with van der Waals surface area (Å²) in [6.07, 6.45) is -3.39. The predicted octanol–water partition coefficient (Wildman–Crippen LogP) is 2.83. The van der Waals surface area contributed by atoms with Gasteiger partial charge in [0.1, 0.15) is 6.04 Å². The molecule has 1 aliphatic heterocycles. The van der Waals surface area contributed by atoms with Crippen molar-refractivity contribution in [2.45, 2.75) is 12.2 Å². The fourth-order valence-corrected chi connectivity index (χ4v) is 3.63. The molecule has 0 saturated carbocycles. The number of carboxylic acid groups (broad SMARTS) is 1. The molecule has 1 fully saturated rings. The van der Waals surface area contributed by atoms with Gasteiger partial charge in [0.15, 0.2) is 0 Å². The Bertz CT molecular complexity index is 1230. The van der Waals surface area contributed by atoms with E-state index in [0.717, 1.165) is 10.9 Å². The molecule has 13 heteroatoms. The molecule has 3 aromatic rings. The fourth-order valence-electron chi connectivity index (χ4n) is 3.43. The molecule has 0 bridgehead atoms. The minimum absolute atomic E-state index is 0.0469. The third-order valence-electron chi connectivity index (χ3n) is 5.28. The Morgan fingerprint density at radius 1 is 1.06 bits per heavy atom. The minimum Gasteiger partial charge on any atom is -0.475 e. The highest BCUT2D eigenvalue weighted by molar-refractivity contribution is 6.30. The SMILES string of the molecule is NC(C(=O)N1CCN(C(=O)c2ccc3[nH]ncc3c2)CC1)c1cccc(Cl)c1.O=C(O)C(F)(F)F. The highest BCUT2D eigenvalue weighted by Crippen LogP contribution is 2.20. The third-order valence-corrected chi connectivity index (χ3v) is 5.52. The van der Waals surface area contributed by atoms with Crippen LogP contribution in [0.15, 0.2) is 48.7 Å². The summed E-state index contributed by atoms with van der Waals surface area (Å²) < 4.78 is 31.7. The molecule has 1 aromatic heterocycles. The quantitative estimate of drug-likeness (QED) is 0.495. The molecule has 2 aromatic carbocycles. The molecule has 4 rings (SSSR count). The van der Waals surface area contributed by atoms with Gasteiger partial charge in [-0.15, -0.1) is 0 Å². The largest absolute Gasteiger partial charge is 0.490 e. The van der Waals surface area contributed by atoms with E-state index in [1.54, 1.807) is 46.3 Å². The molecule has 0 radical (unpaired) electrons. The van der Waals surface area contributed by atoms with Crippen LogP contribution in [0.5, 0.6) is 0 Å². The second-order valence-electron chi connectivity index (χ2n) is 7.63. The molecule has 186 valence electrons. The smallest absolute Gasteiger partial charge is 0.475 e. The van der Waals surface area contributed by atoms with Gasteiger partial charge in [0.25, 0.3) is 5.91 Å². The number of carbonyl (C=O) groups excluding carboxylic acids is 2. The number of benzene rings is 2. The lowest BCUT2D eigenvalue weighted by Gasteiger charge is -2.36. The van der Waals surface area contributed by atoms with E-state index in [-0.39, 0.29) is 11.8 Å². The second-order valence-corrected chi connectivity index (χ2v) is 8.06. The third kappa shape index (κ3) is 6.49. The van der Waals surface area contributed by atoms with E-state index in [1.807, 2.05) is 12.1 Å². The van der Waals surface area contributed by atoms with Crippen molar-refractivity contribution in [1.29, 1.82) is 0 Å². The van der Waals surface area contributed by atoms with Crippen LogP contribution < -0.4 is 5.73 Å². The van der Waals surface area contributed by atoms with Crippen molar-refractivity contribution in [3.8, 4) is 0 Å². The van der Waals surface area contributed by atoms with Gasteiger partial charge in [0.05, 0.1) is 11.7 Å². The normalized spacial score (nSPS) is 14.8. The number of fused-ring (bicyclic) bond motifs is 1. The van der Waals surface area contributed by atoms with E-state index in [2.05, 4.69) is 10.2 Å². The van der Waals surface area contributed by atoms with Gasteiger partial charge >= 0.3 is 12.1 Å². The molecule has 9 nitrogen and oxygen atoms in total. The Balaban J connectivity index is 0.000000429. The number of aliphatic carboxylic acids is 1. The van der Waals surface area contributed by atoms with Crippen molar-refractivity contribution in [3.05, 3.63) is 64.8 Å². The number of hydrogen-bond donors (Lipinski definition) is 3. The van der Waals surface area contributed by atoms with Gasteiger partial charge in [-0.3, -0.25) is 14.7 Å². The molecule has 4 N–H and O–H groups in total. The molecule has 2 amide bonds. The summed E-state index contributed by atoms with van der Waals surface area (Å²) in [5.41, 5.74) is 8.32. The van der Waals surface area contributed by atoms with E-state index < -0.39 is 18.2 Å². The average molecular weight is 512 g/mol. The first-order chi connectivity index (χ1) is 16.5. The minimum atomic E-state index is -5.08. The van der Waals surface area contributed by atoms with Crippen LogP contribution in [0.4, 0.5) is 13.2 Å². The number of aromatic amines is 1. The van der Waals surface area contributed by atoms with Gasteiger partial charge < -0.3 is 20.6 Å². The van der Waals surface area contributed by atoms with Crippen LogP contribution in [0, 0.1) is 0 Å². The van der Waals surface area contributed by atoms with Crippen molar-refractivity contribution in [2.24, 2.45) is 5.73 Å². The van der Waals surface area contributed by atoms with Crippen LogP contribution in [-0.2, 0) is 9.59 Å². The van der Waals surface area contributed by atoms with Crippen LogP contribution in [0.3, 0.4) is 0 Å². The van der Waals surface area contributed by atoms with Gasteiger partial charge in [-0.2, -0.15) is 18.3 Å². The Hall–Kier alpha value is -3.64. The number of halogens is 4. The lowest BCUT2D eigenvalue weighted by Crippen LogP contribution is -2.52. The number of rotatable bonds is 3. The van der Waals surface area contributed by atoms with Crippen molar-refractivity contribution >= 4 is 40.3 Å². The number of piperazine rings is 1. The van der Waals surface area contributed by atoms with Crippen molar-refractivity contribution in [1.82, 2.24) is 20.0 Å². The van der Waals surface area contributed by atoms with E-state index in [1.165, 1.54) is 0 Å². The number of carboxylic acids is 1. The van der Waals surface area contributed by atoms with Gasteiger partial charge in [-0.1, -0.05) is 23.7 Å². The lowest BCUT2D eigenvalue weighted by molar-refractivity contribution is -0.192. The van der Waals surface area contributed by atoms with Crippen molar-refractivity contribution in [3.63, 3.8) is 0 Å². The van der Waals surface area contributed by atoms with Crippen LogP contribution in [0.25, 0.3) is 10.9 Å². The number of nitrogens with zero attached hydrogens (tertiary/aromatic N) is 3. The van der Waals surface area contributed by atoms with Gasteiger partial charge in [-0.05, 0) is 35.9 Å². The number of carbonyl (C=O) groups is 3. The molecule has 1 saturated heterocycles. The summed E-state index contributed by atoms with van der Waals surface area (Å²) in [6, 6.07) is 11.7. The van der Waals surface area contributed by atoms with Gasteiger partial charge in [0, 0.05) is 42.2 Å². The van der Waals surface area contributed by atoms with E-state index in [9.17, 15) is 22.8 Å². The Morgan fingerprint density at radius 2 is 1.69 bits per heavy atom. The van der Waals surface area contributed by atoms with Crippen LogP contribution in [0.1, 0.15) is 22.0 Å². The zero-order valence-corrected chi connectivity index (χ0v) is 18.9. The number of amides is 2. The van der Waals surface area contributed by atoms with E-state index in [0.29, 0.717) is 42.3 Å². The molecule has 35 heavy (non-hydrogen) atoms. The van der Waals surface area contributed by atoms with E-state index in [4.69, 9.17) is 27.2 Å². The summed E-state index contributed by atoms with van der Waals surface area (Å²) in [5.74, 6) is -2.96. The number of nitrogens with two attached hydrogens (primary N) is 1. The lowest BCUT2D eigenvalue weighted by atomic mass is 10.1. The summed E-state index contributed by atoms with van der Waals surface area (Å²) in [4.78, 5) is 37.9. The molecular formula is C22H21ClF3N5O4. The number of alkyl halides is 3. The molecule has 0 aliphatic carbocycles. The standard InChI is InChI=1S/C20H20ClN5O2.C2HF3O2/c21-16-3-1-2-13(11-16)18(22)20(28)26-8-6-25(7-9-26)19(27)14-4-5-17-15(10-14)12-23-24-17;3-2(4,5)1(6)7/h1-5,10-12,18H,6-9,22H2,(H,23,24);(H,6,7). The van der Waals surface area contributed by atoms with Crippen LogP contribution in [-0.4, -0.2) is 75.2 Å². The average Bonchev–Trinajstić information content (AvgIpc) is 3.30. The fraction of sp³-hybridized carbons (Fsp3) is 0.273. The number of aromatic nitrogens is 2. The Morgan fingerprint density at radius 3 is 2.29 bits per heavy atom. The first-order valence-corrected chi connectivity index (χ1v) is 10.7. The summed E-state index contributed by atoms with van der Waals surface area (Å²) >= 11 is 5.99. The molecule has 1 aliphatic rings. The highest BCUT2D eigenvalue weighted by Gasteiger charge is 2.38. The second kappa shape index (κ2) is 10.7. The summed E-state index contributed by atoms with van der Waals surface area (Å²) in [5, 5.41) is 15.4. The van der Waals surface area contributed by atoms with Gasteiger partial charge in [0.2, 0.25) is 5.91 Å². The maximum Gasteiger partial charge on any atom is 0.490 e. The zero-order valence-electron chi connectivity index (χ0n) is 18.1. The zero-order chi connectivity index (χ0) is 25.8. The molecule has 1 unspecified atom stereocenters. The Labute approximate surface area is 202 Å². The van der Waals surface area contributed by atoms with Crippen molar-refractivity contribution in [2.75, 3.05) is 26.2 Å². The first kappa shape index (κ1) is 26.0. The molecular weight excluding hydrogens is 491 g/mol. The Kier molecular flexibility index (Phi) is 7.97.